The molecular weight excluding hydrogens is 1100 g/mol. The van der Waals surface area contributed by atoms with Crippen LogP contribution in [0.25, 0.3) is 30.6 Å². The highest BCUT2D eigenvalue weighted by Crippen LogP contribution is 2.33. The van der Waals surface area contributed by atoms with Crippen molar-refractivity contribution in [2.24, 2.45) is 0 Å². The van der Waals surface area contributed by atoms with Crippen molar-refractivity contribution in [1.82, 2.24) is 14.1 Å². The molecular formula is C53H56ClN3O12S6. The number of H-pyrrole nitrogens is 1. The number of rotatable bonds is 14. The summed E-state index contributed by atoms with van der Waals surface area (Å²) in [6.45, 7) is 7.09. The van der Waals surface area contributed by atoms with E-state index in [1.54, 1.807) is 94.7 Å². The number of aryl methyl sites for hydroxylation is 1. The number of esters is 2. The number of aromatic amines is 1. The number of methoxy groups -OCH3 is 2. The lowest BCUT2D eigenvalue weighted by Crippen LogP contribution is -2.07. The molecule has 0 aliphatic heterocycles. The number of carboxylic acid groups (broad SMARTS) is 1. The monoisotopic (exact) mass is 1150 g/mol. The van der Waals surface area contributed by atoms with Gasteiger partial charge in [-0.05, 0) is 125 Å². The van der Waals surface area contributed by atoms with Crippen molar-refractivity contribution >= 4 is 124 Å². The highest BCUT2D eigenvalue weighted by molar-refractivity contribution is 7.91. The number of nitrogens with zero attached hydrogens (tertiary/aromatic N) is 2. The first kappa shape index (κ1) is 58.2. The lowest BCUT2D eigenvalue weighted by Gasteiger charge is -2.09. The van der Waals surface area contributed by atoms with Gasteiger partial charge in [0.15, 0.2) is 29.5 Å². The molecule has 0 aliphatic carbocycles. The Balaban J connectivity index is 0.000000170. The first-order chi connectivity index (χ1) is 35.3. The predicted molar refractivity (Wildman–Crippen MR) is 299 cm³/mol. The van der Waals surface area contributed by atoms with Crippen LogP contribution in [0.2, 0.25) is 0 Å². The number of ether oxygens (including phenoxy) is 2. The number of sulfone groups is 3. The summed E-state index contributed by atoms with van der Waals surface area (Å²) in [5.74, 6) is -0.892. The minimum absolute atomic E-state index is 0.000910. The fraction of sp³-hybridized carbons (Fsp3) is 0.264. The van der Waals surface area contributed by atoms with Gasteiger partial charge in [-0.15, -0.1) is 45.6 Å². The molecule has 9 aromatic rings. The Morgan fingerprint density at radius 2 is 0.893 bits per heavy atom. The van der Waals surface area contributed by atoms with Crippen molar-refractivity contribution in [3.63, 3.8) is 0 Å². The second-order valence-corrected chi connectivity index (χ2v) is 26.4. The summed E-state index contributed by atoms with van der Waals surface area (Å²) in [5, 5.41) is 18.3. The second kappa shape index (κ2) is 24.7. The number of aromatic nitrogens is 3. The van der Waals surface area contributed by atoms with Crippen molar-refractivity contribution in [3.05, 3.63) is 158 Å². The molecule has 0 unspecified atom stereocenters. The first-order valence-electron chi connectivity index (χ1n) is 22.8. The molecule has 0 atom stereocenters. The molecule has 6 aromatic heterocycles. The molecule has 0 bridgehead atoms. The Bertz CT molecular complexity index is 3820. The van der Waals surface area contributed by atoms with E-state index in [0.29, 0.717) is 40.1 Å². The third-order valence-electron chi connectivity index (χ3n) is 12.2. The van der Waals surface area contributed by atoms with Crippen LogP contribution in [0.15, 0.2) is 122 Å². The standard InChI is InChI=1S/C18H19NO4S2.C17H17NO4S2.C10H11NO2S.C8H9ClO2S/c1-12-16(10-17(20)23-2)15-8-9-24-18(15)19(12)11-13-4-6-14(7-5-13)25(3,21)22;1-11-15(9-16(19)20)14-7-8-23-17(14)18(11)10-12-3-5-13(6-4-12)24(2,21)22;1-6-8(5-9(12)13-2)7-3-4-14-10(7)11-6;1-12(10,11)8-4-2-7(6-9)3-5-8/h4-9H,10-11H2,1-3H3;3-8H,9-10H2,1-2H3,(H,19,20);3-4,11H,5H2,1-2H3;2-5H,6H2,1H3. The molecule has 0 amide bonds. The lowest BCUT2D eigenvalue weighted by atomic mass is 10.1. The molecule has 6 heterocycles. The molecule has 0 saturated carbocycles. The van der Waals surface area contributed by atoms with Crippen molar-refractivity contribution < 1.29 is 54.2 Å². The number of carbonyl (C=O) groups is 3. The minimum atomic E-state index is -3.21. The van der Waals surface area contributed by atoms with Crippen LogP contribution in [0.3, 0.4) is 0 Å². The van der Waals surface area contributed by atoms with Gasteiger partial charge in [0.05, 0.1) is 48.2 Å². The maximum atomic E-state index is 11.7. The quantitative estimate of drug-likeness (QED) is 0.0768. The summed E-state index contributed by atoms with van der Waals surface area (Å²) in [4.78, 5) is 41.4. The van der Waals surface area contributed by atoms with E-state index < -0.39 is 35.5 Å². The zero-order chi connectivity index (χ0) is 55.0. The molecule has 0 aliphatic rings. The Morgan fingerprint density at radius 1 is 0.533 bits per heavy atom. The van der Waals surface area contributed by atoms with Crippen LogP contribution in [0.4, 0.5) is 0 Å². The van der Waals surface area contributed by atoms with Gasteiger partial charge in [-0.1, -0.05) is 36.4 Å². The van der Waals surface area contributed by atoms with Crippen molar-refractivity contribution in [2.75, 3.05) is 33.0 Å². The van der Waals surface area contributed by atoms with Crippen molar-refractivity contribution in [2.45, 2.75) is 73.7 Å². The minimum Gasteiger partial charge on any atom is -0.481 e. The van der Waals surface area contributed by atoms with Crippen LogP contribution in [0.1, 0.15) is 50.5 Å². The van der Waals surface area contributed by atoms with Crippen LogP contribution in [0.5, 0.6) is 0 Å². The third-order valence-corrected chi connectivity index (χ3v) is 18.6. The first-order valence-corrected chi connectivity index (χ1v) is 31.6. The summed E-state index contributed by atoms with van der Waals surface area (Å²) in [6, 6.07) is 26.3. The van der Waals surface area contributed by atoms with Crippen LogP contribution in [0, 0.1) is 20.8 Å². The van der Waals surface area contributed by atoms with E-state index in [2.05, 4.69) is 18.9 Å². The Morgan fingerprint density at radius 3 is 1.27 bits per heavy atom. The molecule has 75 heavy (non-hydrogen) atoms. The number of alkyl halides is 1. The van der Waals surface area contributed by atoms with Gasteiger partial charge in [-0.2, -0.15) is 0 Å². The number of aliphatic carboxylic acids is 1. The van der Waals surface area contributed by atoms with Gasteiger partial charge in [0.2, 0.25) is 0 Å². The molecule has 22 heteroatoms. The van der Waals surface area contributed by atoms with Gasteiger partial charge in [0.25, 0.3) is 0 Å². The number of hydrogen-bond acceptors (Lipinski definition) is 14. The van der Waals surface area contributed by atoms with E-state index in [1.807, 2.05) is 67.2 Å². The number of benzene rings is 3. The summed E-state index contributed by atoms with van der Waals surface area (Å²) < 4.78 is 82.0. The highest BCUT2D eigenvalue weighted by Gasteiger charge is 2.20. The van der Waals surface area contributed by atoms with Crippen molar-refractivity contribution in [1.29, 1.82) is 0 Å². The zero-order valence-electron chi connectivity index (χ0n) is 42.3. The topological polar surface area (TPSA) is 218 Å². The predicted octanol–water partition coefficient (Wildman–Crippen LogP) is 10.4. The fourth-order valence-corrected chi connectivity index (χ4v) is 13.0. The van der Waals surface area contributed by atoms with Gasteiger partial charge in [0, 0.05) is 71.0 Å². The van der Waals surface area contributed by atoms with Gasteiger partial charge < -0.3 is 28.7 Å². The Labute approximate surface area is 453 Å². The van der Waals surface area contributed by atoms with Gasteiger partial charge in [-0.25, -0.2) is 25.3 Å². The normalized spacial score (nSPS) is 11.6. The SMILES string of the molecule is COC(=O)Cc1c(C)[nH]c2sccc12.COC(=O)Cc1c(C)n(Cc2ccc(S(C)(=O)=O)cc2)c2sccc12.CS(=O)(=O)c1ccc(CCl)cc1.Cc1c(CC(=O)O)c2ccsc2n1Cc1ccc(S(C)(=O)=O)cc1. The van der Waals surface area contributed by atoms with E-state index in [4.69, 9.17) is 21.4 Å². The van der Waals surface area contributed by atoms with E-state index in [-0.39, 0.29) is 24.8 Å². The maximum absolute atomic E-state index is 11.7. The number of hydrogen-bond donors (Lipinski definition) is 2. The molecule has 0 spiro atoms. The van der Waals surface area contributed by atoms with Gasteiger partial charge in [0.1, 0.15) is 14.5 Å². The molecule has 0 radical (unpaired) electrons. The largest absolute Gasteiger partial charge is 0.481 e. The molecule has 398 valence electrons. The fourth-order valence-electron chi connectivity index (χ4n) is 8.11. The third kappa shape index (κ3) is 14.7. The number of nitrogens with one attached hydrogen (secondary N) is 1. The average Bonchev–Trinajstić information content (AvgIpc) is 4.24. The Kier molecular flexibility index (Phi) is 19.2. The molecule has 15 nitrogen and oxygen atoms in total. The lowest BCUT2D eigenvalue weighted by molar-refractivity contribution is -0.140. The number of carbonyl (C=O) groups excluding carboxylic acids is 2. The smallest absolute Gasteiger partial charge is 0.310 e. The van der Waals surface area contributed by atoms with E-state index in [9.17, 15) is 39.6 Å². The van der Waals surface area contributed by atoms with Crippen LogP contribution < -0.4 is 0 Å². The summed E-state index contributed by atoms with van der Waals surface area (Å²) in [5.41, 5.74) is 8.78. The summed E-state index contributed by atoms with van der Waals surface area (Å²) >= 11 is 10.4. The summed E-state index contributed by atoms with van der Waals surface area (Å²) in [6.07, 6.45) is 4.16. The number of thiophene rings is 3. The average molecular weight is 1150 g/mol. The second-order valence-electron chi connectivity index (χ2n) is 17.4. The van der Waals surface area contributed by atoms with E-state index >= 15 is 0 Å². The molecule has 2 N–H and O–H groups in total. The van der Waals surface area contributed by atoms with Gasteiger partial charge >= 0.3 is 17.9 Å². The van der Waals surface area contributed by atoms with E-state index in [1.165, 1.54) is 33.0 Å². The zero-order valence-corrected chi connectivity index (χ0v) is 47.9. The highest BCUT2D eigenvalue weighted by atomic mass is 35.5. The number of fused-ring (bicyclic) bond motifs is 3. The molecule has 0 saturated heterocycles. The van der Waals surface area contributed by atoms with Crippen LogP contribution in [-0.2, 0) is 91.6 Å². The number of halogens is 1. The summed E-state index contributed by atoms with van der Waals surface area (Å²) in [7, 11) is -6.67. The molecule has 3 aromatic carbocycles. The van der Waals surface area contributed by atoms with Crippen LogP contribution in [-0.4, -0.2) is 95.4 Å². The Hall–Kier alpha value is -6.07. The van der Waals surface area contributed by atoms with E-state index in [0.717, 1.165) is 81.1 Å². The number of carboxylic acids is 1. The molecule has 0 fully saturated rings. The van der Waals surface area contributed by atoms with Gasteiger partial charge in [-0.3, -0.25) is 14.4 Å². The molecule has 9 rings (SSSR count). The van der Waals surface area contributed by atoms with Crippen LogP contribution >= 0.6 is 45.6 Å². The maximum Gasteiger partial charge on any atom is 0.310 e. The van der Waals surface area contributed by atoms with Crippen molar-refractivity contribution in [3.8, 4) is 0 Å².